The number of carbonyl (C=O) groups is 1. The van der Waals surface area contributed by atoms with Gasteiger partial charge in [-0.2, -0.15) is 0 Å². The minimum absolute atomic E-state index is 0.0233. The van der Waals surface area contributed by atoms with Gasteiger partial charge in [-0.1, -0.05) is 39.0 Å². The van der Waals surface area contributed by atoms with Crippen molar-refractivity contribution in [1.82, 2.24) is 9.97 Å². The lowest BCUT2D eigenvalue weighted by Gasteiger charge is -2.08. The first kappa shape index (κ1) is 16.8. The number of nitrogens with one attached hydrogen (secondary N) is 1. The molecule has 0 amide bonds. The summed E-state index contributed by atoms with van der Waals surface area (Å²) in [6.07, 6.45) is 1.78. The summed E-state index contributed by atoms with van der Waals surface area (Å²) >= 11 is 1.49. The molecule has 0 aromatic carbocycles. The Morgan fingerprint density at radius 3 is 2.70 bits per heavy atom. The van der Waals surface area contributed by atoms with Gasteiger partial charge in [-0.15, -0.1) is 0 Å². The molecule has 1 N–H and O–H groups in total. The summed E-state index contributed by atoms with van der Waals surface area (Å²) in [5.74, 6) is -0.377. The first-order chi connectivity index (χ1) is 9.43. The molecule has 0 saturated heterocycles. The maximum Gasteiger partial charge on any atom is 0.310 e. The zero-order valence-electron chi connectivity index (χ0n) is 12.5. The van der Waals surface area contributed by atoms with Gasteiger partial charge in [-0.05, 0) is 13.3 Å². The molecule has 1 aromatic heterocycles. The van der Waals surface area contributed by atoms with Crippen molar-refractivity contribution in [3.63, 3.8) is 0 Å². The maximum atomic E-state index is 12.0. The van der Waals surface area contributed by atoms with E-state index in [1.54, 1.807) is 6.92 Å². The van der Waals surface area contributed by atoms with Gasteiger partial charge in [-0.25, -0.2) is 4.98 Å². The van der Waals surface area contributed by atoms with Gasteiger partial charge in [0.25, 0.3) is 5.56 Å². The number of nitrogens with zero attached hydrogens (tertiary/aromatic N) is 1. The normalized spacial score (nSPS) is 10.8. The summed E-state index contributed by atoms with van der Waals surface area (Å²) < 4.78 is 5.07. The number of thioether (sulfide) groups is 1. The number of hydrogen-bond acceptors (Lipinski definition) is 5. The summed E-state index contributed by atoms with van der Waals surface area (Å²) in [6, 6.07) is 0. The minimum Gasteiger partial charge on any atom is -0.465 e. The lowest BCUT2D eigenvalue weighted by molar-refractivity contribution is -0.142. The Hall–Kier alpha value is -1.30. The first-order valence-electron chi connectivity index (χ1n) is 6.86. The topological polar surface area (TPSA) is 72.0 Å². The highest BCUT2D eigenvalue weighted by Gasteiger charge is 2.14. The molecule has 0 aliphatic rings. The molecule has 0 bridgehead atoms. The number of unbranched alkanes of at least 4 members (excludes halogenated alkanes) is 1. The van der Waals surface area contributed by atoms with Gasteiger partial charge in [0.15, 0.2) is 5.16 Å². The predicted molar refractivity (Wildman–Crippen MR) is 80.2 cm³/mol. The molecule has 0 saturated carbocycles. The number of ether oxygens (including phenoxy) is 1. The van der Waals surface area contributed by atoms with E-state index in [-0.39, 0.29) is 17.9 Å². The molecule has 1 heterocycles. The molecular weight excluding hydrogens is 276 g/mol. The van der Waals surface area contributed by atoms with Gasteiger partial charge in [0.1, 0.15) is 0 Å². The monoisotopic (exact) mass is 298 g/mol. The van der Waals surface area contributed by atoms with Crippen LogP contribution >= 0.6 is 11.8 Å². The van der Waals surface area contributed by atoms with E-state index in [1.807, 2.05) is 20.8 Å². The standard InChI is InChI=1S/C14H22N2O3S/c1-5-6-7-19-12(17)8-11-10(4)15-14(16-13(11)18)20-9(2)3/h9H,5-8H2,1-4H3,(H,15,16,18). The number of aromatic nitrogens is 2. The molecule has 0 aliphatic heterocycles. The maximum absolute atomic E-state index is 12.0. The SMILES string of the molecule is CCCCOC(=O)Cc1c(C)nc(SC(C)C)[nH]c1=O. The van der Waals surface area contributed by atoms with Crippen LogP contribution in [-0.2, 0) is 16.0 Å². The molecule has 0 unspecified atom stereocenters. The van der Waals surface area contributed by atoms with Crippen LogP contribution in [0, 0.1) is 6.92 Å². The third kappa shape index (κ3) is 5.36. The van der Waals surface area contributed by atoms with Crippen molar-refractivity contribution in [2.24, 2.45) is 0 Å². The van der Waals surface area contributed by atoms with Crippen molar-refractivity contribution in [2.45, 2.75) is 57.4 Å². The second-order valence-electron chi connectivity index (χ2n) is 4.85. The Balaban J connectivity index is 2.76. The van der Waals surface area contributed by atoms with Crippen LogP contribution < -0.4 is 5.56 Å². The molecule has 6 heteroatoms. The zero-order valence-corrected chi connectivity index (χ0v) is 13.3. The van der Waals surface area contributed by atoms with Crippen LogP contribution in [0.15, 0.2) is 9.95 Å². The highest BCUT2D eigenvalue weighted by Crippen LogP contribution is 2.18. The van der Waals surface area contributed by atoms with Gasteiger partial charge in [0, 0.05) is 16.5 Å². The van der Waals surface area contributed by atoms with Crippen LogP contribution in [-0.4, -0.2) is 27.8 Å². The molecule has 0 fully saturated rings. The number of rotatable bonds is 7. The molecule has 112 valence electrons. The van der Waals surface area contributed by atoms with Crippen molar-refractivity contribution < 1.29 is 9.53 Å². The van der Waals surface area contributed by atoms with Crippen LogP contribution in [0.4, 0.5) is 0 Å². The van der Waals surface area contributed by atoms with E-state index in [1.165, 1.54) is 11.8 Å². The van der Waals surface area contributed by atoms with E-state index in [0.717, 1.165) is 12.8 Å². The molecule has 0 spiro atoms. The fourth-order valence-corrected chi connectivity index (χ4v) is 2.39. The summed E-state index contributed by atoms with van der Waals surface area (Å²) in [7, 11) is 0. The van der Waals surface area contributed by atoms with Crippen molar-refractivity contribution in [3.05, 3.63) is 21.6 Å². The van der Waals surface area contributed by atoms with Gasteiger partial charge in [0.05, 0.1) is 13.0 Å². The van der Waals surface area contributed by atoms with Crippen molar-refractivity contribution in [3.8, 4) is 0 Å². The summed E-state index contributed by atoms with van der Waals surface area (Å²) in [4.78, 5) is 30.7. The molecular formula is C14H22N2O3S. The molecule has 1 aromatic rings. The largest absolute Gasteiger partial charge is 0.465 e. The van der Waals surface area contributed by atoms with Crippen LogP contribution in [0.2, 0.25) is 0 Å². The lowest BCUT2D eigenvalue weighted by Crippen LogP contribution is -2.22. The molecule has 0 atom stereocenters. The van der Waals surface area contributed by atoms with E-state index in [2.05, 4.69) is 9.97 Å². The highest BCUT2D eigenvalue weighted by molar-refractivity contribution is 7.99. The molecule has 0 radical (unpaired) electrons. The van der Waals surface area contributed by atoms with E-state index in [4.69, 9.17) is 4.74 Å². The molecule has 5 nitrogen and oxygen atoms in total. The second kappa shape index (κ2) is 8.09. The fraction of sp³-hybridized carbons (Fsp3) is 0.643. The van der Waals surface area contributed by atoms with E-state index in [0.29, 0.717) is 28.3 Å². The Bertz CT molecular complexity index is 512. The summed E-state index contributed by atoms with van der Waals surface area (Å²) in [5.41, 5.74) is 0.719. The average molecular weight is 298 g/mol. The van der Waals surface area contributed by atoms with E-state index < -0.39 is 0 Å². The lowest BCUT2D eigenvalue weighted by atomic mass is 10.2. The second-order valence-corrected chi connectivity index (χ2v) is 6.42. The number of H-pyrrole nitrogens is 1. The van der Waals surface area contributed by atoms with Crippen LogP contribution in [0.5, 0.6) is 0 Å². The Morgan fingerprint density at radius 1 is 1.45 bits per heavy atom. The Kier molecular flexibility index (Phi) is 6.78. The van der Waals surface area contributed by atoms with Crippen molar-refractivity contribution in [1.29, 1.82) is 0 Å². The molecule has 0 aliphatic carbocycles. The zero-order chi connectivity index (χ0) is 15.1. The Labute approximate surface area is 123 Å². The number of esters is 1. The summed E-state index contributed by atoms with van der Waals surface area (Å²) in [6.45, 7) is 8.23. The van der Waals surface area contributed by atoms with Crippen LogP contribution in [0.3, 0.4) is 0 Å². The Morgan fingerprint density at radius 2 is 2.15 bits per heavy atom. The average Bonchev–Trinajstić information content (AvgIpc) is 2.33. The van der Waals surface area contributed by atoms with Gasteiger partial charge in [-0.3, -0.25) is 9.59 Å². The van der Waals surface area contributed by atoms with Crippen LogP contribution in [0.25, 0.3) is 0 Å². The minimum atomic E-state index is -0.377. The molecule has 1 rings (SSSR count). The van der Waals surface area contributed by atoms with Crippen molar-refractivity contribution in [2.75, 3.05) is 6.61 Å². The quantitative estimate of drug-likeness (QED) is 0.362. The third-order valence-electron chi connectivity index (χ3n) is 2.63. The summed E-state index contributed by atoms with van der Waals surface area (Å²) in [5, 5.41) is 0.924. The fourth-order valence-electron chi connectivity index (χ4n) is 1.60. The highest BCUT2D eigenvalue weighted by atomic mass is 32.2. The van der Waals surface area contributed by atoms with E-state index >= 15 is 0 Å². The van der Waals surface area contributed by atoms with Crippen molar-refractivity contribution >= 4 is 17.7 Å². The van der Waals surface area contributed by atoms with Gasteiger partial charge in [0.2, 0.25) is 0 Å². The predicted octanol–water partition coefficient (Wildman–Crippen LogP) is 2.46. The smallest absolute Gasteiger partial charge is 0.310 e. The van der Waals surface area contributed by atoms with Gasteiger partial charge < -0.3 is 9.72 Å². The van der Waals surface area contributed by atoms with Crippen LogP contribution in [0.1, 0.15) is 44.9 Å². The van der Waals surface area contributed by atoms with Gasteiger partial charge >= 0.3 is 5.97 Å². The number of hydrogen-bond donors (Lipinski definition) is 1. The molecule has 20 heavy (non-hydrogen) atoms. The first-order valence-corrected chi connectivity index (χ1v) is 7.74. The number of carbonyl (C=O) groups excluding carboxylic acids is 1. The van der Waals surface area contributed by atoms with E-state index in [9.17, 15) is 9.59 Å². The number of aromatic amines is 1. The third-order valence-corrected chi connectivity index (χ3v) is 3.52. The number of aryl methyl sites for hydroxylation is 1.